The number of rotatable bonds is 3. The Kier molecular flexibility index (Phi) is 3.05. The number of hydrogen-bond donors (Lipinski definition) is 1. The minimum atomic E-state index is -1.04. The first-order chi connectivity index (χ1) is 4.22. The average Bonchev–Trinajstić information content (AvgIpc) is 1.82. The highest BCUT2D eigenvalue weighted by Crippen LogP contribution is 1.93. The first-order valence-corrected chi connectivity index (χ1v) is 2.24. The van der Waals surface area contributed by atoms with E-state index >= 15 is 0 Å². The molecule has 0 rings (SSSR count). The molecule has 3 heteroatoms. The van der Waals surface area contributed by atoms with Crippen LogP contribution in [0.5, 0.6) is 0 Å². The molecule has 9 heavy (non-hydrogen) atoms. The van der Waals surface area contributed by atoms with Gasteiger partial charge in [0.2, 0.25) is 0 Å². The molecule has 48 valence electrons. The minimum Gasteiger partial charge on any atom is -0.478 e. The lowest BCUT2D eigenvalue weighted by Crippen LogP contribution is -1.95. The molecule has 0 saturated carbocycles. The zero-order chi connectivity index (χ0) is 7.28. The highest BCUT2D eigenvalue weighted by atomic mass is 16.4. The molecule has 0 saturated heterocycles. The Morgan fingerprint density at radius 3 is 2.33 bits per heavy atom. The van der Waals surface area contributed by atoms with Crippen LogP contribution in [-0.2, 0) is 4.79 Å². The van der Waals surface area contributed by atoms with Crippen LogP contribution in [0.3, 0.4) is 0 Å². The summed E-state index contributed by atoms with van der Waals surface area (Å²) in [4.78, 5) is 13.4. The van der Waals surface area contributed by atoms with Gasteiger partial charge >= 0.3 is 5.97 Å². The van der Waals surface area contributed by atoms with Crippen LogP contribution in [0.15, 0.2) is 29.4 Å². The number of hydrogen-bond acceptors (Lipinski definition) is 2. The highest BCUT2D eigenvalue weighted by Gasteiger charge is 1.98. The van der Waals surface area contributed by atoms with Gasteiger partial charge in [-0.3, -0.25) is 4.99 Å². The van der Waals surface area contributed by atoms with Crippen LogP contribution in [-0.4, -0.2) is 17.8 Å². The SMILES string of the molecule is C=CC(=CN=C)C(=O)O. The summed E-state index contributed by atoms with van der Waals surface area (Å²) in [6.07, 6.45) is 2.34. The van der Waals surface area contributed by atoms with Crippen molar-refractivity contribution in [2.24, 2.45) is 4.99 Å². The second kappa shape index (κ2) is 3.60. The summed E-state index contributed by atoms with van der Waals surface area (Å²) in [5.74, 6) is -1.04. The van der Waals surface area contributed by atoms with Crippen LogP contribution >= 0.6 is 0 Å². The fourth-order valence-corrected chi connectivity index (χ4v) is 0.294. The smallest absolute Gasteiger partial charge is 0.337 e. The second-order valence-corrected chi connectivity index (χ2v) is 1.28. The predicted octanol–water partition coefficient (Wildman–Crippen LogP) is 0.841. The Morgan fingerprint density at radius 1 is 1.67 bits per heavy atom. The van der Waals surface area contributed by atoms with E-state index in [4.69, 9.17) is 5.11 Å². The van der Waals surface area contributed by atoms with Gasteiger partial charge < -0.3 is 5.11 Å². The predicted molar refractivity (Wildman–Crippen MR) is 35.5 cm³/mol. The summed E-state index contributed by atoms with van der Waals surface area (Å²) in [5, 5.41) is 8.28. The quantitative estimate of drug-likeness (QED) is 0.345. The molecular weight excluding hydrogens is 118 g/mol. The molecule has 0 atom stereocenters. The summed E-state index contributed by atoms with van der Waals surface area (Å²) in [5.41, 5.74) is 0.0463. The van der Waals surface area contributed by atoms with Crippen LogP contribution < -0.4 is 0 Å². The number of carbonyl (C=O) groups is 1. The molecule has 0 aliphatic carbocycles. The van der Waals surface area contributed by atoms with E-state index in [1.165, 1.54) is 6.08 Å². The van der Waals surface area contributed by atoms with Crippen LogP contribution in [0.1, 0.15) is 0 Å². The third-order valence-corrected chi connectivity index (χ3v) is 0.697. The average molecular weight is 125 g/mol. The fourth-order valence-electron chi connectivity index (χ4n) is 0.294. The number of aliphatic carboxylic acids is 1. The van der Waals surface area contributed by atoms with Crippen molar-refractivity contribution in [1.82, 2.24) is 0 Å². The van der Waals surface area contributed by atoms with E-state index in [-0.39, 0.29) is 5.57 Å². The maximum absolute atomic E-state index is 10.1. The highest BCUT2D eigenvalue weighted by molar-refractivity contribution is 5.89. The Labute approximate surface area is 53.0 Å². The maximum Gasteiger partial charge on any atom is 0.337 e. The van der Waals surface area contributed by atoms with Crippen LogP contribution in [0.2, 0.25) is 0 Å². The van der Waals surface area contributed by atoms with E-state index < -0.39 is 5.97 Å². The molecule has 0 aliphatic heterocycles. The Balaban J connectivity index is 4.32. The molecule has 0 aromatic rings. The van der Waals surface area contributed by atoms with Gasteiger partial charge in [0.05, 0.1) is 5.57 Å². The molecule has 3 nitrogen and oxygen atoms in total. The van der Waals surface area contributed by atoms with Crippen molar-refractivity contribution in [3.05, 3.63) is 24.4 Å². The van der Waals surface area contributed by atoms with Gasteiger partial charge in [0.1, 0.15) is 0 Å². The van der Waals surface area contributed by atoms with Gasteiger partial charge in [-0.15, -0.1) is 0 Å². The van der Waals surface area contributed by atoms with Gasteiger partial charge in [0.15, 0.2) is 0 Å². The molecular formula is C6H7NO2. The molecule has 0 unspecified atom stereocenters. The molecule has 0 amide bonds. The number of carboxylic acid groups (broad SMARTS) is 1. The van der Waals surface area contributed by atoms with E-state index in [0.29, 0.717) is 0 Å². The van der Waals surface area contributed by atoms with E-state index in [9.17, 15) is 4.79 Å². The molecule has 0 radical (unpaired) electrons. The van der Waals surface area contributed by atoms with Crippen molar-refractivity contribution >= 4 is 12.7 Å². The number of nitrogens with zero attached hydrogens (tertiary/aromatic N) is 1. The van der Waals surface area contributed by atoms with E-state index in [0.717, 1.165) is 6.20 Å². The number of aliphatic imine (C=N–C) groups is 1. The van der Waals surface area contributed by atoms with Gasteiger partial charge in [-0.25, -0.2) is 4.79 Å². The van der Waals surface area contributed by atoms with Gasteiger partial charge in [-0.1, -0.05) is 12.7 Å². The van der Waals surface area contributed by atoms with Crippen molar-refractivity contribution in [3.63, 3.8) is 0 Å². The van der Waals surface area contributed by atoms with Gasteiger partial charge in [-0.05, 0) is 6.72 Å². The van der Waals surface area contributed by atoms with Crippen molar-refractivity contribution in [1.29, 1.82) is 0 Å². The van der Waals surface area contributed by atoms with E-state index in [1.807, 2.05) is 0 Å². The topological polar surface area (TPSA) is 49.7 Å². The van der Waals surface area contributed by atoms with Gasteiger partial charge in [0, 0.05) is 6.20 Å². The molecule has 0 aliphatic rings. The molecule has 0 aromatic carbocycles. The summed E-state index contributed by atoms with van der Waals surface area (Å²) >= 11 is 0. The fraction of sp³-hybridized carbons (Fsp3) is 0. The third-order valence-electron chi connectivity index (χ3n) is 0.697. The summed E-state index contributed by atoms with van der Waals surface area (Å²) < 4.78 is 0. The first kappa shape index (κ1) is 7.62. The van der Waals surface area contributed by atoms with Crippen molar-refractivity contribution in [2.45, 2.75) is 0 Å². The van der Waals surface area contributed by atoms with Crippen molar-refractivity contribution in [2.75, 3.05) is 0 Å². The molecule has 0 heterocycles. The van der Waals surface area contributed by atoms with E-state index in [1.54, 1.807) is 0 Å². The second-order valence-electron chi connectivity index (χ2n) is 1.28. The Hall–Kier alpha value is -1.38. The van der Waals surface area contributed by atoms with Crippen LogP contribution in [0.4, 0.5) is 0 Å². The largest absolute Gasteiger partial charge is 0.478 e. The lowest BCUT2D eigenvalue weighted by Gasteiger charge is -1.86. The first-order valence-electron chi connectivity index (χ1n) is 2.24. The van der Waals surface area contributed by atoms with Crippen molar-refractivity contribution in [3.8, 4) is 0 Å². The minimum absolute atomic E-state index is 0.0463. The summed E-state index contributed by atoms with van der Waals surface area (Å²) in [6.45, 7) is 6.36. The maximum atomic E-state index is 10.1. The van der Waals surface area contributed by atoms with Gasteiger partial charge in [-0.2, -0.15) is 0 Å². The third kappa shape index (κ3) is 2.43. The summed E-state index contributed by atoms with van der Waals surface area (Å²) in [7, 11) is 0. The Morgan fingerprint density at radius 2 is 2.22 bits per heavy atom. The zero-order valence-corrected chi connectivity index (χ0v) is 4.87. The lowest BCUT2D eigenvalue weighted by atomic mass is 10.3. The summed E-state index contributed by atoms with van der Waals surface area (Å²) in [6, 6.07) is 0. The molecule has 0 fully saturated rings. The molecule has 0 spiro atoms. The van der Waals surface area contributed by atoms with Crippen LogP contribution in [0.25, 0.3) is 0 Å². The van der Waals surface area contributed by atoms with Crippen LogP contribution in [0, 0.1) is 0 Å². The molecule has 1 N–H and O–H groups in total. The normalized spacial score (nSPS) is 10.4. The molecule has 0 bridgehead atoms. The monoisotopic (exact) mass is 125 g/mol. The van der Waals surface area contributed by atoms with Gasteiger partial charge in [0.25, 0.3) is 0 Å². The number of carboxylic acids is 1. The van der Waals surface area contributed by atoms with Crippen molar-refractivity contribution < 1.29 is 9.90 Å². The Bertz CT molecular complexity index is 170. The lowest BCUT2D eigenvalue weighted by molar-refractivity contribution is -0.132. The standard InChI is InChI=1S/C6H7NO2/c1-3-5(4-7-2)6(8)9/h3-4H,1-2H2,(H,8,9). The van der Waals surface area contributed by atoms with E-state index in [2.05, 4.69) is 18.3 Å². The zero-order valence-electron chi connectivity index (χ0n) is 4.87. The molecule has 0 aromatic heterocycles.